The van der Waals surface area contributed by atoms with Gasteiger partial charge in [0.25, 0.3) is 0 Å². The Morgan fingerprint density at radius 3 is 2.45 bits per heavy atom. The maximum atomic E-state index is 13.8. The van der Waals surface area contributed by atoms with Gasteiger partial charge in [-0.2, -0.15) is 0 Å². The minimum atomic E-state index is -0.240. The number of hydrogen-bond donors (Lipinski definition) is 1. The number of rotatable bonds is 2. The van der Waals surface area contributed by atoms with Gasteiger partial charge in [-0.15, -0.1) is 0 Å². The minimum absolute atomic E-state index is 0.0334. The third kappa shape index (κ3) is 2.74. The fourth-order valence-electron chi connectivity index (χ4n) is 2.54. The van der Waals surface area contributed by atoms with Crippen LogP contribution in [-0.2, 0) is 4.74 Å². The van der Waals surface area contributed by atoms with Crippen molar-refractivity contribution in [3.05, 3.63) is 71.0 Å². The lowest BCUT2D eigenvalue weighted by Crippen LogP contribution is -2.36. The SMILES string of the molecule is Cc1ccc(C2CNCC(c3ccccc3F)O2)cc1. The van der Waals surface area contributed by atoms with Crippen LogP contribution in [0.3, 0.4) is 0 Å². The van der Waals surface area contributed by atoms with E-state index in [2.05, 4.69) is 36.5 Å². The molecule has 2 atom stereocenters. The maximum Gasteiger partial charge on any atom is 0.129 e. The second kappa shape index (κ2) is 5.73. The van der Waals surface area contributed by atoms with Gasteiger partial charge < -0.3 is 10.1 Å². The lowest BCUT2D eigenvalue weighted by atomic mass is 10.0. The Bertz CT molecular complexity index is 582. The molecule has 0 radical (unpaired) electrons. The summed E-state index contributed by atoms with van der Waals surface area (Å²) in [5.74, 6) is -0.205. The summed E-state index contributed by atoms with van der Waals surface area (Å²) in [6.45, 7) is 3.46. The predicted octanol–water partition coefficient (Wildman–Crippen LogP) is 3.54. The van der Waals surface area contributed by atoms with Crippen molar-refractivity contribution in [3.63, 3.8) is 0 Å². The molecule has 3 heteroatoms. The predicted molar refractivity (Wildman–Crippen MR) is 77.0 cm³/mol. The fourth-order valence-corrected chi connectivity index (χ4v) is 2.54. The second-order valence-electron chi connectivity index (χ2n) is 5.20. The van der Waals surface area contributed by atoms with Gasteiger partial charge in [0.05, 0.1) is 12.2 Å². The third-order valence-corrected chi connectivity index (χ3v) is 3.69. The van der Waals surface area contributed by atoms with Crippen molar-refractivity contribution in [1.29, 1.82) is 0 Å². The summed E-state index contributed by atoms with van der Waals surface area (Å²) in [6.07, 6.45) is -0.273. The summed E-state index contributed by atoms with van der Waals surface area (Å²) in [6, 6.07) is 15.1. The first-order valence-electron chi connectivity index (χ1n) is 6.91. The molecule has 0 spiro atoms. The van der Waals surface area contributed by atoms with E-state index in [1.165, 1.54) is 11.6 Å². The van der Waals surface area contributed by atoms with Gasteiger partial charge in [-0.1, -0.05) is 48.0 Å². The van der Waals surface area contributed by atoms with Crippen molar-refractivity contribution >= 4 is 0 Å². The van der Waals surface area contributed by atoms with Crippen molar-refractivity contribution in [2.24, 2.45) is 0 Å². The second-order valence-corrected chi connectivity index (χ2v) is 5.20. The highest BCUT2D eigenvalue weighted by Gasteiger charge is 2.26. The first-order valence-corrected chi connectivity index (χ1v) is 6.91. The van der Waals surface area contributed by atoms with Crippen molar-refractivity contribution in [2.75, 3.05) is 13.1 Å². The normalized spacial score (nSPS) is 22.7. The van der Waals surface area contributed by atoms with Crippen molar-refractivity contribution in [1.82, 2.24) is 5.32 Å². The molecule has 1 aliphatic rings. The number of nitrogens with one attached hydrogen (secondary N) is 1. The van der Waals surface area contributed by atoms with E-state index in [4.69, 9.17) is 4.74 Å². The molecule has 104 valence electrons. The number of hydrogen-bond acceptors (Lipinski definition) is 2. The Morgan fingerprint density at radius 2 is 1.70 bits per heavy atom. The van der Waals surface area contributed by atoms with Gasteiger partial charge in [0.1, 0.15) is 5.82 Å². The largest absolute Gasteiger partial charge is 0.363 e. The molecule has 3 rings (SSSR count). The summed E-state index contributed by atoms with van der Waals surface area (Å²) < 4.78 is 19.9. The fraction of sp³-hybridized carbons (Fsp3) is 0.294. The van der Waals surface area contributed by atoms with Crippen LogP contribution in [0.15, 0.2) is 48.5 Å². The summed E-state index contributed by atoms with van der Waals surface area (Å²) in [5, 5.41) is 3.33. The first-order chi connectivity index (χ1) is 9.74. The molecular formula is C17H18FNO. The molecular weight excluding hydrogens is 253 g/mol. The van der Waals surface area contributed by atoms with Crippen LogP contribution < -0.4 is 5.32 Å². The van der Waals surface area contributed by atoms with E-state index in [0.29, 0.717) is 12.1 Å². The smallest absolute Gasteiger partial charge is 0.129 e. The van der Waals surface area contributed by atoms with Gasteiger partial charge in [-0.25, -0.2) is 4.39 Å². The van der Waals surface area contributed by atoms with Crippen LogP contribution in [0.5, 0.6) is 0 Å². The molecule has 1 aliphatic heterocycles. The van der Waals surface area contributed by atoms with Crippen LogP contribution in [0.25, 0.3) is 0 Å². The molecule has 0 aliphatic carbocycles. The molecule has 2 unspecified atom stereocenters. The molecule has 0 bridgehead atoms. The van der Waals surface area contributed by atoms with E-state index in [1.54, 1.807) is 12.1 Å². The monoisotopic (exact) mass is 271 g/mol. The van der Waals surface area contributed by atoms with Gasteiger partial charge in [0, 0.05) is 18.7 Å². The van der Waals surface area contributed by atoms with Crippen LogP contribution >= 0.6 is 0 Å². The summed E-state index contributed by atoms with van der Waals surface area (Å²) in [4.78, 5) is 0. The first kappa shape index (κ1) is 13.3. The quantitative estimate of drug-likeness (QED) is 0.902. The molecule has 1 N–H and O–H groups in total. The van der Waals surface area contributed by atoms with E-state index >= 15 is 0 Å². The van der Waals surface area contributed by atoms with Crippen LogP contribution in [0.1, 0.15) is 28.9 Å². The zero-order chi connectivity index (χ0) is 13.9. The minimum Gasteiger partial charge on any atom is -0.363 e. The molecule has 2 aromatic carbocycles. The summed E-state index contributed by atoms with van der Waals surface area (Å²) in [5.41, 5.74) is 2.98. The Morgan fingerprint density at radius 1 is 1.00 bits per heavy atom. The lowest BCUT2D eigenvalue weighted by Gasteiger charge is -2.31. The number of benzene rings is 2. The highest BCUT2D eigenvalue weighted by atomic mass is 19.1. The third-order valence-electron chi connectivity index (χ3n) is 3.69. The van der Waals surface area contributed by atoms with E-state index in [9.17, 15) is 4.39 Å². The number of ether oxygens (including phenoxy) is 1. The Hall–Kier alpha value is -1.71. The number of morpholine rings is 1. The molecule has 0 aromatic heterocycles. The highest BCUT2D eigenvalue weighted by Crippen LogP contribution is 2.30. The maximum absolute atomic E-state index is 13.8. The van der Waals surface area contributed by atoms with Crippen molar-refractivity contribution in [3.8, 4) is 0 Å². The highest BCUT2D eigenvalue weighted by molar-refractivity contribution is 5.25. The number of halogens is 1. The molecule has 1 heterocycles. The van der Waals surface area contributed by atoms with E-state index < -0.39 is 0 Å². The van der Waals surface area contributed by atoms with Crippen LogP contribution in [-0.4, -0.2) is 13.1 Å². The molecule has 0 amide bonds. The van der Waals surface area contributed by atoms with E-state index in [-0.39, 0.29) is 18.0 Å². The standard InChI is InChI=1S/C17H18FNO/c1-12-6-8-13(9-7-12)16-10-19-11-17(20-16)14-4-2-3-5-15(14)18/h2-9,16-17,19H,10-11H2,1H3. The molecule has 20 heavy (non-hydrogen) atoms. The average Bonchev–Trinajstić information content (AvgIpc) is 2.49. The molecule has 0 saturated carbocycles. The number of aryl methyl sites for hydroxylation is 1. The topological polar surface area (TPSA) is 21.3 Å². The van der Waals surface area contributed by atoms with Gasteiger partial charge in [-0.3, -0.25) is 0 Å². The van der Waals surface area contributed by atoms with Crippen LogP contribution in [0.4, 0.5) is 4.39 Å². The van der Waals surface area contributed by atoms with Crippen molar-refractivity contribution in [2.45, 2.75) is 19.1 Å². The van der Waals surface area contributed by atoms with Crippen LogP contribution in [0.2, 0.25) is 0 Å². The van der Waals surface area contributed by atoms with Gasteiger partial charge >= 0.3 is 0 Å². The Balaban J connectivity index is 1.80. The van der Waals surface area contributed by atoms with Crippen molar-refractivity contribution < 1.29 is 9.13 Å². The van der Waals surface area contributed by atoms with Gasteiger partial charge in [0.15, 0.2) is 0 Å². The molecule has 1 fully saturated rings. The molecule has 1 saturated heterocycles. The van der Waals surface area contributed by atoms with E-state index in [1.807, 2.05) is 6.07 Å². The lowest BCUT2D eigenvalue weighted by molar-refractivity contribution is -0.0421. The van der Waals surface area contributed by atoms with E-state index in [0.717, 1.165) is 12.1 Å². The zero-order valence-corrected chi connectivity index (χ0v) is 11.5. The van der Waals surface area contributed by atoms with Crippen LogP contribution in [0, 0.1) is 12.7 Å². The Kier molecular flexibility index (Phi) is 3.81. The summed E-state index contributed by atoms with van der Waals surface area (Å²) in [7, 11) is 0. The average molecular weight is 271 g/mol. The zero-order valence-electron chi connectivity index (χ0n) is 11.5. The molecule has 2 aromatic rings. The summed E-state index contributed by atoms with van der Waals surface area (Å²) >= 11 is 0. The Labute approximate surface area is 118 Å². The molecule has 2 nitrogen and oxygen atoms in total. The van der Waals surface area contributed by atoms with Gasteiger partial charge in [-0.05, 0) is 18.6 Å². The van der Waals surface area contributed by atoms with Gasteiger partial charge in [0.2, 0.25) is 0 Å².